The van der Waals surface area contributed by atoms with E-state index in [1.165, 1.54) is 6.20 Å². The van der Waals surface area contributed by atoms with Gasteiger partial charge in [-0.25, -0.2) is 0 Å². The number of amides is 1. The van der Waals surface area contributed by atoms with E-state index in [0.717, 1.165) is 4.47 Å². The maximum absolute atomic E-state index is 11.6. The highest BCUT2D eigenvalue weighted by Crippen LogP contribution is 2.12. The van der Waals surface area contributed by atoms with Crippen LogP contribution in [-0.2, 0) is 0 Å². The summed E-state index contributed by atoms with van der Waals surface area (Å²) >= 11 is 3.29. The number of hydrogen-bond donors (Lipinski definition) is 1. The van der Waals surface area contributed by atoms with Gasteiger partial charge >= 0.3 is 0 Å². The summed E-state index contributed by atoms with van der Waals surface area (Å²) in [5.74, 6) is 0.113. The number of anilines is 1. The van der Waals surface area contributed by atoms with E-state index in [1.807, 2.05) is 0 Å². The van der Waals surface area contributed by atoms with Crippen molar-refractivity contribution in [2.24, 2.45) is 0 Å². The lowest BCUT2D eigenvalue weighted by molar-refractivity contribution is 0.102. The highest BCUT2D eigenvalue weighted by atomic mass is 79.9. The second kappa shape index (κ2) is 4.27. The van der Waals surface area contributed by atoms with Gasteiger partial charge in [-0.15, -0.1) is 0 Å². The monoisotopic (exact) mass is 266 g/mol. The molecule has 0 spiro atoms. The molecule has 1 amide bonds. The highest BCUT2D eigenvalue weighted by molar-refractivity contribution is 9.10. The first-order chi connectivity index (χ1) is 7.25. The number of halogens is 1. The molecule has 0 bridgehead atoms. The van der Waals surface area contributed by atoms with Crippen LogP contribution >= 0.6 is 15.9 Å². The van der Waals surface area contributed by atoms with E-state index < -0.39 is 0 Å². The largest absolute Gasteiger partial charge is 0.338 e. The van der Waals surface area contributed by atoms with Crippen LogP contribution in [0.15, 0.2) is 45.5 Å². The van der Waals surface area contributed by atoms with E-state index in [-0.39, 0.29) is 5.91 Å². The zero-order valence-electron chi connectivity index (χ0n) is 7.61. The van der Waals surface area contributed by atoms with E-state index in [9.17, 15) is 4.79 Å². The van der Waals surface area contributed by atoms with E-state index >= 15 is 0 Å². The Morgan fingerprint density at radius 1 is 1.27 bits per heavy atom. The van der Waals surface area contributed by atoms with Crippen LogP contribution < -0.4 is 5.32 Å². The molecule has 1 aromatic heterocycles. The molecule has 2 rings (SSSR count). The van der Waals surface area contributed by atoms with Crippen LogP contribution in [0.2, 0.25) is 0 Å². The first-order valence-corrected chi connectivity index (χ1v) is 5.02. The van der Waals surface area contributed by atoms with Crippen molar-refractivity contribution >= 4 is 27.7 Å². The molecule has 5 heteroatoms. The predicted molar refractivity (Wildman–Crippen MR) is 58.6 cm³/mol. The third kappa shape index (κ3) is 2.44. The van der Waals surface area contributed by atoms with Crippen molar-refractivity contribution in [3.05, 3.63) is 46.6 Å². The number of rotatable bonds is 2. The SMILES string of the molecule is O=C(Nc1ccno1)c1ccc(Br)cc1. The lowest BCUT2D eigenvalue weighted by atomic mass is 10.2. The fraction of sp³-hybridized carbons (Fsp3) is 0. The first kappa shape index (κ1) is 9.92. The lowest BCUT2D eigenvalue weighted by Crippen LogP contribution is -2.10. The van der Waals surface area contributed by atoms with Gasteiger partial charge in [0.25, 0.3) is 5.91 Å². The zero-order valence-corrected chi connectivity index (χ0v) is 9.19. The number of benzene rings is 1. The Morgan fingerprint density at radius 3 is 2.60 bits per heavy atom. The smallest absolute Gasteiger partial charge is 0.258 e. The van der Waals surface area contributed by atoms with Crippen molar-refractivity contribution in [3.63, 3.8) is 0 Å². The van der Waals surface area contributed by atoms with Gasteiger partial charge in [-0.05, 0) is 24.3 Å². The van der Waals surface area contributed by atoms with Crippen LogP contribution in [0.5, 0.6) is 0 Å². The molecule has 0 saturated carbocycles. The molecule has 0 aliphatic carbocycles. The van der Waals surface area contributed by atoms with Gasteiger partial charge in [0.05, 0.1) is 6.20 Å². The van der Waals surface area contributed by atoms with Crippen LogP contribution in [0.1, 0.15) is 10.4 Å². The van der Waals surface area contributed by atoms with Crippen molar-refractivity contribution < 1.29 is 9.32 Å². The maximum atomic E-state index is 11.6. The molecule has 76 valence electrons. The minimum absolute atomic E-state index is 0.223. The summed E-state index contributed by atoms with van der Waals surface area (Å²) in [6.45, 7) is 0. The summed E-state index contributed by atoms with van der Waals surface area (Å²) in [7, 11) is 0. The Bertz CT molecular complexity index is 451. The Morgan fingerprint density at radius 2 is 2.00 bits per heavy atom. The van der Waals surface area contributed by atoms with Crippen LogP contribution in [0, 0.1) is 0 Å². The molecule has 0 atom stereocenters. The van der Waals surface area contributed by atoms with Crippen LogP contribution in [0.25, 0.3) is 0 Å². The second-order valence-corrected chi connectivity index (χ2v) is 3.75. The lowest BCUT2D eigenvalue weighted by Gasteiger charge is -2.00. The Balaban J connectivity index is 2.11. The van der Waals surface area contributed by atoms with Crippen LogP contribution in [0.4, 0.5) is 5.88 Å². The van der Waals surface area contributed by atoms with Crippen molar-refractivity contribution in [3.8, 4) is 0 Å². The Kier molecular flexibility index (Phi) is 2.82. The van der Waals surface area contributed by atoms with E-state index in [0.29, 0.717) is 11.4 Å². The van der Waals surface area contributed by atoms with Gasteiger partial charge in [-0.3, -0.25) is 10.1 Å². The first-order valence-electron chi connectivity index (χ1n) is 4.23. The van der Waals surface area contributed by atoms with Gasteiger partial charge in [0.1, 0.15) is 0 Å². The Hall–Kier alpha value is -1.62. The number of hydrogen-bond acceptors (Lipinski definition) is 3. The molecule has 1 aromatic carbocycles. The molecule has 0 saturated heterocycles. The van der Waals surface area contributed by atoms with Crippen molar-refractivity contribution in [2.75, 3.05) is 5.32 Å². The van der Waals surface area contributed by atoms with Gasteiger partial charge in [0.2, 0.25) is 5.88 Å². The predicted octanol–water partition coefficient (Wildman–Crippen LogP) is 2.69. The summed E-state index contributed by atoms with van der Waals surface area (Å²) in [5.41, 5.74) is 0.564. The summed E-state index contributed by atoms with van der Waals surface area (Å²) in [6, 6.07) is 8.62. The number of nitrogens with one attached hydrogen (secondary N) is 1. The molecule has 0 aliphatic heterocycles. The average molecular weight is 267 g/mol. The number of aromatic nitrogens is 1. The molecule has 0 fully saturated rings. The third-order valence-electron chi connectivity index (χ3n) is 1.78. The van der Waals surface area contributed by atoms with Crippen molar-refractivity contribution in [1.29, 1.82) is 0 Å². The van der Waals surface area contributed by atoms with Crippen molar-refractivity contribution in [2.45, 2.75) is 0 Å². The molecule has 15 heavy (non-hydrogen) atoms. The van der Waals surface area contributed by atoms with E-state index in [4.69, 9.17) is 4.52 Å². The average Bonchev–Trinajstić information content (AvgIpc) is 2.71. The molecule has 2 aromatic rings. The fourth-order valence-electron chi connectivity index (χ4n) is 1.07. The molecule has 0 unspecified atom stereocenters. The normalized spacial score (nSPS) is 9.93. The summed E-state index contributed by atoms with van der Waals surface area (Å²) in [5, 5.41) is 6.06. The zero-order chi connectivity index (χ0) is 10.7. The molecule has 0 radical (unpaired) electrons. The quantitative estimate of drug-likeness (QED) is 0.910. The summed E-state index contributed by atoms with van der Waals surface area (Å²) in [4.78, 5) is 11.6. The topological polar surface area (TPSA) is 55.1 Å². The molecule has 4 nitrogen and oxygen atoms in total. The number of nitrogens with zero attached hydrogens (tertiary/aromatic N) is 1. The second-order valence-electron chi connectivity index (χ2n) is 2.84. The fourth-order valence-corrected chi connectivity index (χ4v) is 1.33. The third-order valence-corrected chi connectivity index (χ3v) is 2.31. The number of carbonyl (C=O) groups is 1. The Labute approximate surface area is 94.4 Å². The molecular formula is C10H7BrN2O2. The minimum atomic E-state index is -0.223. The molecule has 1 N–H and O–H groups in total. The molecule has 1 heterocycles. The van der Waals surface area contributed by atoms with Crippen LogP contribution in [-0.4, -0.2) is 11.1 Å². The number of carbonyl (C=O) groups excluding carboxylic acids is 1. The van der Waals surface area contributed by atoms with Gasteiger partial charge < -0.3 is 4.52 Å². The van der Waals surface area contributed by atoms with Crippen LogP contribution in [0.3, 0.4) is 0 Å². The van der Waals surface area contributed by atoms with Gasteiger partial charge in [-0.2, -0.15) is 0 Å². The van der Waals surface area contributed by atoms with E-state index in [2.05, 4.69) is 26.4 Å². The molecular weight excluding hydrogens is 260 g/mol. The van der Waals surface area contributed by atoms with Gasteiger partial charge in [0.15, 0.2) is 0 Å². The van der Waals surface area contributed by atoms with Crippen molar-refractivity contribution in [1.82, 2.24) is 5.16 Å². The maximum Gasteiger partial charge on any atom is 0.258 e. The van der Waals surface area contributed by atoms with Gasteiger partial charge in [-0.1, -0.05) is 21.1 Å². The highest BCUT2D eigenvalue weighted by Gasteiger charge is 2.07. The van der Waals surface area contributed by atoms with E-state index in [1.54, 1.807) is 30.3 Å². The summed E-state index contributed by atoms with van der Waals surface area (Å²) in [6.07, 6.45) is 1.47. The minimum Gasteiger partial charge on any atom is -0.338 e. The van der Waals surface area contributed by atoms with Gasteiger partial charge in [0, 0.05) is 16.1 Å². The molecule has 0 aliphatic rings. The summed E-state index contributed by atoms with van der Waals surface area (Å²) < 4.78 is 5.69. The standard InChI is InChI=1S/C10H7BrN2O2/c11-8-3-1-7(2-4-8)10(14)13-9-5-6-12-15-9/h1-6H,(H,13,14).